The molecular weight excluding hydrogens is 418 g/mol. The van der Waals surface area contributed by atoms with Crippen molar-refractivity contribution in [3.63, 3.8) is 0 Å². The lowest BCUT2D eigenvalue weighted by Crippen LogP contribution is -2.48. The van der Waals surface area contributed by atoms with Crippen LogP contribution in [0.4, 0.5) is 0 Å². The molecule has 1 saturated heterocycles. The Morgan fingerprint density at radius 3 is 2.47 bits per heavy atom. The first kappa shape index (κ1) is 19.4. The second kappa shape index (κ2) is 7.96. The maximum atomic E-state index is 12.7. The minimum Gasteiger partial charge on any atom is -0.439 e. The van der Waals surface area contributed by atoms with Crippen molar-refractivity contribution < 1.29 is 12.8 Å². The summed E-state index contributed by atoms with van der Waals surface area (Å²) in [4.78, 5) is 6.85. The number of sulfonamides is 1. The topological polar surface area (TPSA) is 66.7 Å². The highest BCUT2D eigenvalue weighted by Crippen LogP contribution is 2.26. The molecule has 4 aromatic rings. The van der Waals surface area contributed by atoms with Gasteiger partial charge < -0.3 is 4.42 Å². The van der Waals surface area contributed by atoms with Gasteiger partial charge in [-0.25, -0.2) is 13.4 Å². The molecule has 5 rings (SSSR count). The van der Waals surface area contributed by atoms with Crippen LogP contribution in [0.3, 0.4) is 0 Å². The summed E-state index contributed by atoms with van der Waals surface area (Å²) >= 11 is 1.26. The van der Waals surface area contributed by atoms with Crippen LogP contribution in [0.5, 0.6) is 0 Å². The first-order chi connectivity index (χ1) is 14.6. The van der Waals surface area contributed by atoms with Crippen LogP contribution in [-0.4, -0.2) is 48.8 Å². The van der Waals surface area contributed by atoms with Crippen molar-refractivity contribution in [1.29, 1.82) is 0 Å². The van der Waals surface area contributed by atoms with Crippen molar-refractivity contribution in [2.24, 2.45) is 0 Å². The maximum Gasteiger partial charge on any atom is 0.252 e. The van der Waals surface area contributed by atoms with Gasteiger partial charge in [-0.05, 0) is 34.7 Å². The minimum absolute atomic E-state index is 0.407. The van der Waals surface area contributed by atoms with Crippen molar-refractivity contribution in [2.45, 2.75) is 10.8 Å². The fourth-order valence-electron chi connectivity index (χ4n) is 3.71. The largest absolute Gasteiger partial charge is 0.439 e. The number of nitrogens with zero attached hydrogens (tertiary/aromatic N) is 3. The molecule has 2 aromatic carbocycles. The quantitative estimate of drug-likeness (QED) is 0.469. The summed E-state index contributed by atoms with van der Waals surface area (Å²) in [6.45, 7) is 2.82. The van der Waals surface area contributed by atoms with E-state index in [0.29, 0.717) is 42.8 Å². The second-order valence-corrected chi connectivity index (χ2v) is 10.4. The van der Waals surface area contributed by atoms with E-state index in [4.69, 9.17) is 4.42 Å². The summed E-state index contributed by atoms with van der Waals surface area (Å²) in [5.41, 5.74) is 3.86. The third-order valence-corrected chi connectivity index (χ3v) is 8.59. The van der Waals surface area contributed by atoms with E-state index >= 15 is 0 Å². The fourth-order valence-corrected chi connectivity index (χ4v) is 6.28. The Bertz CT molecular complexity index is 1240. The Hall–Kier alpha value is -2.52. The van der Waals surface area contributed by atoms with Gasteiger partial charge in [-0.2, -0.15) is 4.31 Å². The lowest BCUT2D eigenvalue weighted by molar-refractivity contribution is 0.169. The van der Waals surface area contributed by atoms with Crippen LogP contribution in [0.1, 0.15) is 5.89 Å². The van der Waals surface area contributed by atoms with Crippen molar-refractivity contribution in [3.8, 4) is 11.1 Å². The summed E-state index contributed by atoms with van der Waals surface area (Å²) in [5, 5.41) is 1.79. The van der Waals surface area contributed by atoms with Gasteiger partial charge in [0.25, 0.3) is 10.0 Å². The Kier molecular flexibility index (Phi) is 5.16. The van der Waals surface area contributed by atoms with Gasteiger partial charge in [0, 0.05) is 26.2 Å². The van der Waals surface area contributed by atoms with E-state index in [1.54, 1.807) is 21.8 Å². The molecule has 154 valence electrons. The Morgan fingerprint density at radius 2 is 1.73 bits per heavy atom. The van der Waals surface area contributed by atoms with Gasteiger partial charge in [-0.15, -0.1) is 11.3 Å². The highest BCUT2D eigenvalue weighted by Gasteiger charge is 2.29. The molecule has 1 aliphatic heterocycles. The zero-order chi connectivity index (χ0) is 20.6. The number of piperazine rings is 1. The van der Waals surface area contributed by atoms with E-state index in [1.807, 2.05) is 36.4 Å². The number of oxazole rings is 1. The second-order valence-electron chi connectivity index (χ2n) is 7.27. The van der Waals surface area contributed by atoms with Crippen LogP contribution in [0.25, 0.3) is 22.2 Å². The lowest BCUT2D eigenvalue weighted by atomic mass is 10.1. The van der Waals surface area contributed by atoms with Gasteiger partial charge >= 0.3 is 0 Å². The molecule has 0 saturated carbocycles. The van der Waals surface area contributed by atoms with Gasteiger partial charge in [-0.3, -0.25) is 4.90 Å². The van der Waals surface area contributed by atoms with Crippen LogP contribution in [-0.2, 0) is 16.6 Å². The van der Waals surface area contributed by atoms with E-state index in [9.17, 15) is 8.42 Å². The third kappa shape index (κ3) is 3.79. The fraction of sp³-hybridized carbons (Fsp3) is 0.227. The molecule has 0 bridgehead atoms. The van der Waals surface area contributed by atoms with Gasteiger partial charge in [0.05, 0.1) is 6.54 Å². The molecule has 1 fully saturated rings. The molecule has 6 nitrogen and oxygen atoms in total. The van der Waals surface area contributed by atoms with Crippen molar-refractivity contribution in [2.75, 3.05) is 26.2 Å². The Labute approximate surface area is 179 Å². The zero-order valence-electron chi connectivity index (χ0n) is 16.3. The zero-order valence-corrected chi connectivity index (χ0v) is 17.9. The number of hydrogen-bond acceptors (Lipinski definition) is 6. The van der Waals surface area contributed by atoms with Crippen molar-refractivity contribution in [3.05, 3.63) is 71.9 Å². The Balaban J connectivity index is 1.27. The third-order valence-electron chi connectivity index (χ3n) is 5.32. The molecule has 30 heavy (non-hydrogen) atoms. The van der Waals surface area contributed by atoms with Crippen LogP contribution in [0.2, 0.25) is 0 Å². The van der Waals surface area contributed by atoms with E-state index in [0.717, 1.165) is 22.2 Å². The normalized spacial score (nSPS) is 16.3. The summed E-state index contributed by atoms with van der Waals surface area (Å²) < 4.78 is 33.2. The van der Waals surface area contributed by atoms with Crippen LogP contribution < -0.4 is 0 Å². The number of aromatic nitrogens is 1. The molecular formula is C22H21N3O3S2. The molecule has 3 heterocycles. The van der Waals surface area contributed by atoms with Crippen LogP contribution in [0, 0.1) is 0 Å². The summed E-state index contributed by atoms with van der Waals surface area (Å²) in [5.74, 6) is 0.657. The summed E-state index contributed by atoms with van der Waals surface area (Å²) in [6.07, 6.45) is 0. The Morgan fingerprint density at radius 1 is 0.933 bits per heavy atom. The molecule has 2 aromatic heterocycles. The monoisotopic (exact) mass is 439 g/mol. The average molecular weight is 440 g/mol. The van der Waals surface area contributed by atoms with E-state index < -0.39 is 10.0 Å². The predicted octanol–water partition coefficient (Wildman–Crippen LogP) is 4.06. The lowest BCUT2D eigenvalue weighted by Gasteiger charge is -2.32. The standard InChI is InChI=1S/C22H21N3O3S2/c26-30(27,22-7-4-14-29-22)25-12-10-24(11-13-25)16-21-23-19-15-18(8-9-20(19)28-21)17-5-2-1-3-6-17/h1-9,14-15H,10-13,16H2. The van der Waals surface area contributed by atoms with E-state index in [1.165, 1.54) is 11.3 Å². The van der Waals surface area contributed by atoms with E-state index in [-0.39, 0.29) is 0 Å². The number of rotatable bonds is 5. The van der Waals surface area contributed by atoms with E-state index in [2.05, 4.69) is 22.0 Å². The predicted molar refractivity (Wildman–Crippen MR) is 118 cm³/mol. The smallest absolute Gasteiger partial charge is 0.252 e. The highest BCUT2D eigenvalue weighted by molar-refractivity contribution is 7.91. The minimum atomic E-state index is -3.38. The van der Waals surface area contributed by atoms with Gasteiger partial charge in [0.15, 0.2) is 5.58 Å². The first-order valence-corrected chi connectivity index (χ1v) is 12.1. The van der Waals surface area contributed by atoms with Crippen LogP contribution >= 0.6 is 11.3 Å². The maximum absolute atomic E-state index is 12.7. The molecule has 1 aliphatic rings. The summed E-state index contributed by atoms with van der Waals surface area (Å²) in [7, 11) is -3.38. The molecule has 0 spiro atoms. The number of fused-ring (bicyclic) bond motifs is 1. The van der Waals surface area contributed by atoms with Crippen molar-refractivity contribution >= 4 is 32.5 Å². The van der Waals surface area contributed by atoms with Crippen LogP contribution in [0.15, 0.2) is 74.7 Å². The SMILES string of the molecule is O=S(=O)(c1cccs1)N1CCN(Cc2nc3cc(-c4ccccc4)ccc3o2)CC1. The molecule has 0 aliphatic carbocycles. The molecule has 0 atom stereocenters. The van der Waals surface area contributed by atoms with Gasteiger partial charge in [0.1, 0.15) is 9.73 Å². The van der Waals surface area contributed by atoms with Gasteiger partial charge in [0.2, 0.25) is 5.89 Å². The highest BCUT2D eigenvalue weighted by atomic mass is 32.2. The molecule has 8 heteroatoms. The molecule has 0 amide bonds. The molecule has 0 unspecified atom stereocenters. The number of benzene rings is 2. The number of hydrogen-bond donors (Lipinski definition) is 0. The molecule has 0 N–H and O–H groups in total. The first-order valence-electron chi connectivity index (χ1n) is 9.80. The van der Waals surface area contributed by atoms with Gasteiger partial charge in [-0.1, -0.05) is 42.5 Å². The average Bonchev–Trinajstić information content (AvgIpc) is 3.44. The number of thiophene rings is 1. The van der Waals surface area contributed by atoms with Crippen molar-refractivity contribution in [1.82, 2.24) is 14.2 Å². The molecule has 0 radical (unpaired) electrons. The summed E-state index contributed by atoms with van der Waals surface area (Å²) in [6, 6.07) is 19.7.